The van der Waals surface area contributed by atoms with Gasteiger partial charge in [-0.2, -0.15) is 5.10 Å². The van der Waals surface area contributed by atoms with E-state index >= 15 is 0 Å². The predicted octanol–water partition coefficient (Wildman–Crippen LogP) is -0.185. The van der Waals surface area contributed by atoms with Gasteiger partial charge in [0.05, 0.1) is 18.3 Å². The van der Waals surface area contributed by atoms with Gasteiger partial charge in [-0.05, 0) is 19.8 Å². The largest absolute Gasteiger partial charge is 0.480 e. The summed E-state index contributed by atoms with van der Waals surface area (Å²) in [6.07, 6.45) is 3.81. The lowest BCUT2D eigenvalue weighted by Crippen LogP contribution is -2.51. The van der Waals surface area contributed by atoms with Gasteiger partial charge in [0.15, 0.2) is 0 Å². The van der Waals surface area contributed by atoms with E-state index in [1.54, 1.807) is 6.92 Å². The van der Waals surface area contributed by atoms with Crippen molar-refractivity contribution in [3.63, 3.8) is 0 Å². The minimum absolute atomic E-state index is 0.0504. The summed E-state index contributed by atoms with van der Waals surface area (Å²) in [6, 6.07) is 0. The van der Waals surface area contributed by atoms with Crippen molar-refractivity contribution in [2.45, 2.75) is 36.7 Å². The number of sulfonamides is 1. The Balaban J connectivity index is 2.13. The van der Waals surface area contributed by atoms with Gasteiger partial charge in [0.1, 0.15) is 11.4 Å². The van der Waals surface area contributed by atoms with Crippen molar-refractivity contribution in [1.82, 2.24) is 14.5 Å². The Bertz CT molecular complexity index is 589. The number of nitrogens with one attached hydrogen (secondary N) is 1. The summed E-state index contributed by atoms with van der Waals surface area (Å²) < 4.78 is 33.4. The molecular formula is C11H17N3O5S. The molecule has 1 unspecified atom stereocenters. The van der Waals surface area contributed by atoms with E-state index in [4.69, 9.17) is 9.84 Å². The highest BCUT2D eigenvalue weighted by Gasteiger charge is 2.33. The smallest absolute Gasteiger partial charge is 0.325 e. The Morgan fingerprint density at radius 1 is 1.65 bits per heavy atom. The number of carboxylic acids is 1. The van der Waals surface area contributed by atoms with Crippen molar-refractivity contribution in [3.05, 3.63) is 12.4 Å². The number of carbonyl (C=O) groups is 1. The molecule has 0 spiro atoms. The molecule has 1 aliphatic rings. The number of nitrogens with zero attached hydrogens (tertiary/aromatic N) is 2. The number of aliphatic carboxylic acids is 1. The Kier molecular flexibility index (Phi) is 4.11. The molecule has 0 saturated carbocycles. The van der Waals surface area contributed by atoms with E-state index in [9.17, 15) is 13.2 Å². The molecule has 20 heavy (non-hydrogen) atoms. The molecule has 1 aliphatic heterocycles. The Morgan fingerprint density at radius 3 is 3.00 bits per heavy atom. The third-order valence-electron chi connectivity index (χ3n) is 3.04. The average molecular weight is 303 g/mol. The first kappa shape index (κ1) is 14.9. The number of aromatic nitrogens is 2. The molecule has 112 valence electrons. The molecule has 1 aromatic rings. The van der Waals surface area contributed by atoms with Gasteiger partial charge in [-0.25, -0.2) is 13.1 Å². The van der Waals surface area contributed by atoms with E-state index in [1.807, 2.05) is 0 Å². The maximum Gasteiger partial charge on any atom is 0.325 e. The summed E-state index contributed by atoms with van der Waals surface area (Å²) in [4.78, 5) is 10.5. The van der Waals surface area contributed by atoms with E-state index in [0.29, 0.717) is 19.6 Å². The second-order valence-electron chi connectivity index (χ2n) is 5.09. The molecule has 2 rings (SSSR count). The van der Waals surface area contributed by atoms with E-state index in [1.165, 1.54) is 6.20 Å². The van der Waals surface area contributed by atoms with Crippen LogP contribution in [0.15, 0.2) is 17.3 Å². The summed E-state index contributed by atoms with van der Waals surface area (Å²) in [5, 5.41) is 12.4. The van der Waals surface area contributed by atoms with Crippen molar-refractivity contribution in [2.75, 3.05) is 13.2 Å². The minimum atomic E-state index is -3.74. The third-order valence-corrected chi connectivity index (χ3v) is 4.63. The van der Waals surface area contributed by atoms with Gasteiger partial charge in [-0.15, -0.1) is 0 Å². The van der Waals surface area contributed by atoms with Crippen molar-refractivity contribution in [1.29, 1.82) is 0 Å². The Hall–Kier alpha value is -1.45. The molecule has 8 nitrogen and oxygen atoms in total. The van der Waals surface area contributed by atoms with E-state index in [-0.39, 0.29) is 11.4 Å². The molecule has 1 atom stereocenters. The zero-order chi connectivity index (χ0) is 14.8. The topological polar surface area (TPSA) is 111 Å². The van der Waals surface area contributed by atoms with Crippen LogP contribution in [-0.2, 0) is 26.1 Å². The first-order valence-electron chi connectivity index (χ1n) is 6.17. The lowest BCUT2D eigenvalue weighted by Gasteiger charge is -2.33. The van der Waals surface area contributed by atoms with Crippen LogP contribution in [0.2, 0.25) is 0 Å². The molecule has 9 heteroatoms. The molecule has 0 aromatic carbocycles. The quantitative estimate of drug-likeness (QED) is 0.780. The van der Waals surface area contributed by atoms with Crippen LogP contribution in [0.25, 0.3) is 0 Å². The number of carboxylic acid groups (broad SMARTS) is 1. The van der Waals surface area contributed by atoms with Crippen molar-refractivity contribution < 1.29 is 23.1 Å². The Morgan fingerprint density at radius 2 is 2.40 bits per heavy atom. The number of ether oxygens (including phenoxy) is 1. The second-order valence-corrected chi connectivity index (χ2v) is 6.77. The SMILES string of the molecule is CC1(NS(=O)(=O)c2cnn(CC(=O)O)c2)CCCOC1. The fourth-order valence-corrected chi connectivity index (χ4v) is 3.48. The van der Waals surface area contributed by atoms with Crippen LogP contribution < -0.4 is 4.72 Å². The summed E-state index contributed by atoms with van der Waals surface area (Å²) in [5.74, 6) is -1.09. The van der Waals surface area contributed by atoms with Gasteiger partial charge in [-0.1, -0.05) is 0 Å². The molecule has 2 heterocycles. The average Bonchev–Trinajstić information content (AvgIpc) is 2.77. The van der Waals surface area contributed by atoms with Gasteiger partial charge in [-0.3, -0.25) is 9.48 Å². The van der Waals surface area contributed by atoms with Crippen LogP contribution in [0.4, 0.5) is 0 Å². The zero-order valence-electron chi connectivity index (χ0n) is 11.1. The van der Waals surface area contributed by atoms with Crippen molar-refractivity contribution in [2.24, 2.45) is 0 Å². The van der Waals surface area contributed by atoms with Gasteiger partial charge in [0.2, 0.25) is 10.0 Å². The monoisotopic (exact) mass is 303 g/mol. The van der Waals surface area contributed by atoms with Gasteiger partial charge < -0.3 is 9.84 Å². The number of hydrogen-bond acceptors (Lipinski definition) is 5. The van der Waals surface area contributed by atoms with Crippen LogP contribution in [0.5, 0.6) is 0 Å². The number of hydrogen-bond donors (Lipinski definition) is 2. The maximum atomic E-state index is 12.2. The summed E-state index contributed by atoms with van der Waals surface area (Å²) in [7, 11) is -3.74. The minimum Gasteiger partial charge on any atom is -0.480 e. The van der Waals surface area contributed by atoms with Crippen LogP contribution in [0, 0.1) is 0 Å². The lowest BCUT2D eigenvalue weighted by molar-refractivity contribution is -0.137. The molecule has 1 saturated heterocycles. The van der Waals surface area contributed by atoms with Crippen molar-refractivity contribution >= 4 is 16.0 Å². The Labute approximate surface area is 116 Å². The normalized spacial score (nSPS) is 23.6. The summed E-state index contributed by atoms with van der Waals surface area (Å²) >= 11 is 0. The summed E-state index contributed by atoms with van der Waals surface area (Å²) in [6.45, 7) is 2.35. The fourth-order valence-electron chi connectivity index (χ4n) is 2.11. The maximum absolute atomic E-state index is 12.2. The molecule has 0 bridgehead atoms. The van der Waals surface area contributed by atoms with Gasteiger partial charge in [0.25, 0.3) is 0 Å². The standard InChI is InChI=1S/C11H17N3O5S/c1-11(3-2-4-19-8-11)13-20(17,18)9-5-12-14(6-9)7-10(15)16/h5-6,13H,2-4,7-8H2,1H3,(H,15,16). The molecule has 0 radical (unpaired) electrons. The fraction of sp³-hybridized carbons (Fsp3) is 0.636. The highest BCUT2D eigenvalue weighted by atomic mass is 32.2. The third kappa shape index (κ3) is 3.56. The summed E-state index contributed by atoms with van der Waals surface area (Å²) in [5.41, 5.74) is -0.647. The molecular weight excluding hydrogens is 286 g/mol. The van der Waals surface area contributed by atoms with E-state index in [2.05, 4.69) is 9.82 Å². The first-order valence-corrected chi connectivity index (χ1v) is 7.65. The van der Waals surface area contributed by atoms with Crippen molar-refractivity contribution in [3.8, 4) is 0 Å². The van der Waals surface area contributed by atoms with Crippen LogP contribution >= 0.6 is 0 Å². The molecule has 1 fully saturated rings. The molecule has 2 N–H and O–H groups in total. The van der Waals surface area contributed by atoms with Gasteiger partial charge in [0, 0.05) is 12.8 Å². The highest BCUT2D eigenvalue weighted by molar-refractivity contribution is 7.89. The first-order chi connectivity index (χ1) is 9.31. The van der Waals surface area contributed by atoms with Crippen LogP contribution in [0.3, 0.4) is 0 Å². The molecule has 1 aromatic heterocycles. The number of rotatable bonds is 5. The van der Waals surface area contributed by atoms with E-state index in [0.717, 1.165) is 17.3 Å². The van der Waals surface area contributed by atoms with Crippen LogP contribution in [0.1, 0.15) is 19.8 Å². The van der Waals surface area contributed by atoms with E-state index < -0.39 is 21.5 Å². The van der Waals surface area contributed by atoms with Gasteiger partial charge >= 0.3 is 5.97 Å². The molecule has 0 aliphatic carbocycles. The zero-order valence-corrected chi connectivity index (χ0v) is 11.9. The predicted molar refractivity (Wildman–Crippen MR) is 68.6 cm³/mol. The highest BCUT2D eigenvalue weighted by Crippen LogP contribution is 2.21. The molecule has 0 amide bonds. The second kappa shape index (κ2) is 5.51. The van der Waals surface area contributed by atoms with Crippen LogP contribution in [-0.4, -0.2) is 48.0 Å². The lowest BCUT2D eigenvalue weighted by atomic mass is 9.97.